The third kappa shape index (κ3) is 4.76. The molecule has 1 N–H and O–H groups in total. The van der Waals surface area contributed by atoms with Gasteiger partial charge in [-0.05, 0) is 62.1 Å². The molecule has 0 radical (unpaired) electrons. The number of aryl methyl sites for hydroxylation is 2. The number of aromatic nitrogens is 2. The number of rotatable bonds is 4. The Morgan fingerprint density at radius 3 is 2.36 bits per heavy atom. The highest BCUT2D eigenvalue weighted by Gasteiger charge is 2.47. The molecule has 1 aromatic heterocycles. The van der Waals surface area contributed by atoms with E-state index < -0.39 is 5.67 Å². The van der Waals surface area contributed by atoms with Crippen molar-refractivity contribution in [3.63, 3.8) is 0 Å². The summed E-state index contributed by atoms with van der Waals surface area (Å²) in [4.78, 5) is 36.8. The topological polar surface area (TPSA) is 102 Å². The third-order valence-electron chi connectivity index (χ3n) is 8.20. The van der Waals surface area contributed by atoms with Crippen LogP contribution in [0.3, 0.4) is 0 Å². The maximum Gasteiger partial charge on any atom is 0.409 e. The number of aromatic amines is 1. The lowest BCUT2D eigenvalue weighted by molar-refractivity contribution is -0.0231. The fourth-order valence-corrected chi connectivity index (χ4v) is 5.48. The van der Waals surface area contributed by atoms with Crippen LogP contribution in [0.25, 0.3) is 11.3 Å². The smallest absolute Gasteiger partial charge is 0.409 e. The number of nitrogens with zero attached hydrogens (tertiary/aromatic N) is 4. The fraction of sp³-hybridized carbons (Fsp3) is 0.400. The highest BCUT2D eigenvalue weighted by atomic mass is 19.1. The van der Waals surface area contributed by atoms with Crippen LogP contribution >= 0.6 is 0 Å². The molecule has 0 aliphatic carbocycles. The van der Waals surface area contributed by atoms with Crippen LogP contribution in [0, 0.1) is 25.2 Å². The molecule has 0 atom stereocenters. The zero-order chi connectivity index (χ0) is 27.9. The van der Waals surface area contributed by atoms with Crippen molar-refractivity contribution in [3.8, 4) is 17.3 Å². The number of hydrogen-bond donors (Lipinski definition) is 1. The Hall–Kier alpha value is -4.19. The molecule has 202 valence electrons. The first-order valence-corrected chi connectivity index (χ1v) is 13.1. The van der Waals surface area contributed by atoms with E-state index >= 15 is 4.39 Å². The highest BCUT2D eigenvalue weighted by Crippen LogP contribution is 2.39. The number of halogens is 1. The van der Waals surface area contributed by atoms with Gasteiger partial charge in [0.2, 0.25) is 0 Å². The first-order valence-electron chi connectivity index (χ1n) is 13.1. The van der Waals surface area contributed by atoms with Crippen LogP contribution < -0.4 is 0 Å². The summed E-state index contributed by atoms with van der Waals surface area (Å²) in [7, 11) is 1.39. The Morgan fingerprint density at radius 2 is 1.74 bits per heavy atom. The lowest BCUT2D eigenvalue weighted by Gasteiger charge is -2.44. The molecule has 2 fully saturated rings. The van der Waals surface area contributed by atoms with Gasteiger partial charge >= 0.3 is 6.09 Å². The number of carbonyl (C=O) groups is 2. The van der Waals surface area contributed by atoms with E-state index in [2.05, 4.69) is 11.9 Å². The van der Waals surface area contributed by atoms with Crippen molar-refractivity contribution in [2.24, 2.45) is 0 Å². The second kappa shape index (κ2) is 9.84. The van der Waals surface area contributed by atoms with E-state index in [0.717, 1.165) is 41.2 Å². The largest absolute Gasteiger partial charge is 0.453 e. The Morgan fingerprint density at radius 1 is 1.08 bits per heavy atom. The van der Waals surface area contributed by atoms with E-state index in [-0.39, 0.29) is 30.5 Å². The molecule has 0 saturated carbocycles. The third-order valence-corrected chi connectivity index (χ3v) is 8.20. The number of ether oxygens (including phenoxy) is 1. The summed E-state index contributed by atoms with van der Waals surface area (Å²) >= 11 is 0. The van der Waals surface area contributed by atoms with Crippen molar-refractivity contribution in [1.29, 1.82) is 5.26 Å². The van der Waals surface area contributed by atoms with E-state index in [9.17, 15) is 9.59 Å². The molecule has 0 bridgehead atoms. The second-order valence-corrected chi connectivity index (χ2v) is 10.9. The lowest BCUT2D eigenvalue weighted by atomic mass is 9.80. The Kier molecular flexibility index (Phi) is 6.67. The summed E-state index contributed by atoms with van der Waals surface area (Å²) in [5, 5.41) is 8.98. The minimum Gasteiger partial charge on any atom is -0.453 e. The number of alkyl halides is 1. The number of piperidine rings is 1. The van der Waals surface area contributed by atoms with Crippen LogP contribution in [-0.4, -0.2) is 65.1 Å². The fourth-order valence-electron chi connectivity index (χ4n) is 5.48. The van der Waals surface area contributed by atoms with Crippen LogP contribution in [0.5, 0.6) is 0 Å². The average molecular weight is 530 g/mol. The number of methoxy groups -OCH3 is 1. The summed E-state index contributed by atoms with van der Waals surface area (Å²) in [5.74, 6) is 0.636. The van der Waals surface area contributed by atoms with Crippen molar-refractivity contribution in [3.05, 3.63) is 76.2 Å². The van der Waals surface area contributed by atoms with Crippen molar-refractivity contribution in [1.82, 2.24) is 19.8 Å². The molecule has 8 nitrogen and oxygen atoms in total. The quantitative estimate of drug-likeness (QED) is 0.512. The number of hydrogen-bond acceptors (Lipinski definition) is 5. The van der Waals surface area contributed by atoms with E-state index in [0.29, 0.717) is 29.8 Å². The maximum absolute atomic E-state index is 15.4. The molecule has 3 heterocycles. The van der Waals surface area contributed by atoms with Gasteiger partial charge in [-0.2, -0.15) is 5.26 Å². The average Bonchev–Trinajstić information content (AvgIpc) is 3.33. The predicted octanol–water partition coefficient (Wildman–Crippen LogP) is 5.01. The molecule has 3 aromatic rings. The monoisotopic (exact) mass is 529 g/mol. The number of likely N-dealkylation sites (tertiary alicyclic amines) is 2. The first kappa shape index (κ1) is 26.4. The van der Waals surface area contributed by atoms with Gasteiger partial charge in [-0.25, -0.2) is 14.2 Å². The molecule has 2 aliphatic rings. The molecule has 0 spiro atoms. The number of carbonyl (C=O) groups excluding carboxylic acids is 2. The number of benzene rings is 2. The molecule has 5 rings (SSSR count). The van der Waals surface area contributed by atoms with Gasteiger partial charge in [-0.3, -0.25) is 4.79 Å². The SMILES string of the molecule is COC(=O)N1CCC(C)(c2nc(-c3cc(C(=O)N4CC(F)(c5ccc(C#N)cc5)C4)ccc3C)c(C)[nH]2)CC1. The summed E-state index contributed by atoms with van der Waals surface area (Å²) < 4.78 is 20.3. The standard InChI is InChI=1S/C30H32FN5O3/c1-19-5-8-22(26(37)36-17-30(31,18-36)23-9-6-21(16-32)7-10-23)15-24(19)25-20(2)33-27(34-25)29(3)11-13-35(14-12-29)28(38)39-4/h5-10,15H,11-14,17-18H2,1-4H3,(H,33,34). The molecule has 39 heavy (non-hydrogen) atoms. The molecule has 9 heteroatoms. The number of nitrogens with one attached hydrogen (secondary N) is 1. The van der Waals surface area contributed by atoms with Gasteiger partial charge in [0.1, 0.15) is 5.82 Å². The molecular formula is C30H32FN5O3. The lowest BCUT2D eigenvalue weighted by Crippen LogP contribution is -2.58. The number of amides is 2. The van der Waals surface area contributed by atoms with Crippen molar-refractivity contribution in [2.75, 3.05) is 33.3 Å². The predicted molar refractivity (Wildman–Crippen MR) is 144 cm³/mol. The van der Waals surface area contributed by atoms with E-state index in [1.54, 1.807) is 35.2 Å². The minimum absolute atomic E-state index is 0.0343. The molecule has 2 aromatic carbocycles. The Balaban J connectivity index is 1.33. The zero-order valence-corrected chi connectivity index (χ0v) is 22.7. The van der Waals surface area contributed by atoms with E-state index in [4.69, 9.17) is 15.0 Å². The van der Waals surface area contributed by atoms with Gasteiger partial charge in [0.25, 0.3) is 5.91 Å². The van der Waals surface area contributed by atoms with Gasteiger partial charge in [0.05, 0.1) is 37.5 Å². The number of nitriles is 1. The van der Waals surface area contributed by atoms with Crippen molar-refractivity contribution in [2.45, 2.75) is 44.7 Å². The second-order valence-electron chi connectivity index (χ2n) is 10.9. The Bertz CT molecular complexity index is 1460. The van der Waals surface area contributed by atoms with Crippen LogP contribution in [-0.2, 0) is 15.8 Å². The van der Waals surface area contributed by atoms with Crippen LogP contribution in [0.2, 0.25) is 0 Å². The number of imidazole rings is 1. The van der Waals surface area contributed by atoms with E-state index in [1.807, 2.05) is 32.0 Å². The van der Waals surface area contributed by atoms with Gasteiger partial charge in [-0.15, -0.1) is 0 Å². The van der Waals surface area contributed by atoms with Crippen molar-refractivity contribution < 1.29 is 18.7 Å². The van der Waals surface area contributed by atoms with E-state index in [1.165, 1.54) is 12.0 Å². The summed E-state index contributed by atoms with van der Waals surface area (Å²) in [5.41, 5.74) is 3.12. The van der Waals surface area contributed by atoms with Gasteiger partial charge in [-0.1, -0.05) is 25.1 Å². The summed E-state index contributed by atoms with van der Waals surface area (Å²) in [6, 6.07) is 14.0. The van der Waals surface area contributed by atoms with Crippen molar-refractivity contribution >= 4 is 12.0 Å². The normalized spacial score (nSPS) is 17.7. The van der Waals surface area contributed by atoms with Crippen LogP contribution in [0.4, 0.5) is 9.18 Å². The summed E-state index contributed by atoms with van der Waals surface area (Å²) in [6.45, 7) is 7.22. The van der Waals surface area contributed by atoms with Gasteiger partial charge in [0.15, 0.2) is 5.67 Å². The molecular weight excluding hydrogens is 497 g/mol. The maximum atomic E-state index is 15.4. The molecule has 0 unspecified atom stereocenters. The molecule has 2 saturated heterocycles. The van der Waals surface area contributed by atoms with Gasteiger partial charge in [0, 0.05) is 35.3 Å². The highest BCUT2D eigenvalue weighted by molar-refractivity contribution is 5.96. The first-order chi connectivity index (χ1) is 18.6. The minimum atomic E-state index is -1.62. The summed E-state index contributed by atoms with van der Waals surface area (Å²) in [6.07, 6.45) is 1.20. The van der Waals surface area contributed by atoms with Crippen LogP contribution in [0.15, 0.2) is 42.5 Å². The zero-order valence-electron chi connectivity index (χ0n) is 22.7. The molecule has 2 aliphatic heterocycles. The molecule has 2 amide bonds. The van der Waals surface area contributed by atoms with Crippen LogP contribution in [0.1, 0.15) is 58.3 Å². The number of H-pyrrole nitrogens is 1. The van der Waals surface area contributed by atoms with Gasteiger partial charge < -0.3 is 19.5 Å². The Labute approximate surface area is 227 Å².